The molecule has 1 aromatic carbocycles. The van der Waals surface area contributed by atoms with E-state index in [9.17, 15) is 13.2 Å². The van der Waals surface area contributed by atoms with E-state index in [1.54, 1.807) is 30.1 Å². The fourth-order valence-corrected chi connectivity index (χ4v) is 2.76. The molecule has 0 unspecified atom stereocenters. The number of sulfone groups is 1. The van der Waals surface area contributed by atoms with Crippen LogP contribution in [0.3, 0.4) is 0 Å². The lowest BCUT2D eigenvalue weighted by Gasteiger charge is -2.07. The fourth-order valence-electron chi connectivity index (χ4n) is 1.93. The minimum absolute atomic E-state index is 0.0576. The first kappa shape index (κ1) is 16.0. The standard InChI is InChI=1S/C15H16N2O4S/c1-17-12(8-9-16-17)5-6-13(18)11-4-7-15(22(3,19)20)14(10-11)21-2/h4-10H,1-3H3. The van der Waals surface area contributed by atoms with E-state index in [1.165, 1.54) is 31.4 Å². The molecular formula is C15H16N2O4S. The van der Waals surface area contributed by atoms with Crippen molar-refractivity contribution in [2.75, 3.05) is 13.4 Å². The third-order valence-electron chi connectivity index (χ3n) is 3.11. The highest BCUT2D eigenvalue weighted by Crippen LogP contribution is 2.25. The minimum Gasteiger partial charge on any atom is -0.495 e. The Morgan fingerprint density at radius 1 is 1.32 bits per heavy atom. The van der Waals surface area contributed by atoms with Crippen LogP contribution in [0.5, 0.6) is 5.75 Å². The summed E-state index contributed by atoms with van der Waals surface area (Å²) in [6.45, 7) is 0. The van der Waals surface area contributed by atoms with Crippen molar-refractivity contribution in [3.63, 3.8) is 0 Å². The van der Waals surface area contributed by atoms with E-state index >= 15 is 0 Å². The normalized spacial score (nSPS) is 11.8. The molecule has 2 aromatic rings. The van der Waals surface area contributed by atoms with Crippen molar-refractivity contribution >= 4 is 21.7 Å². The van der Waals surface area contributed by atoms with Gasteiger partial charge in [0.2, 0.25) is 0 Å². The molecule has 0 aliphatic rings. The molecule has 0 saturated heterocycles. The summed E-state index contributed by atoms with van der Waals surface area (Å²) in [7, 11) is -0.271. The third kappa shape index (κ3) is 3.43. The number of ether oxygens (including phenoxy) is 1. The van der Waals surface area contributed by atoms with Gasteiger partial charge in [0.1, 0.15) is 10.6 Å². The van der Waals surface area contributed by atoms with E-state index in [0.29, 0.717) is 5.56 Å². The second-order valence-corrected chi connectivity index (χ2v) is 6.70. The van der Waals surface area contributed by atoms with Crippen molar-refractivity contribution in [3.05, 3.63) is 47.8 Å². The zero-order valence-electron chi connectivity index (χ0n) is 12.5. The van der Waals surface area contributed by atoms with Crippen molar-refractivity contribution in [2.24, 2.45) is 7.05 Å². The molecule has 0 atom stereocenters. The average molecular weight is 320 g/mol. The molecule has 6 nitrogen and oxygen atoms in total. The van der Waals surface area contributed by atoms with Gasteiger partial charge in [-0.05, 0) is 36.4 Å². The number of carbonyl (C=O) groups is 1. The zero-order chi connectivity index (χ0) is 16.3. The number of allylic oxidation sites excluding steroid dienone is 1. The molecule has 0 aliphatic carbocycles. The molecule has 0 bridgehead atoms. The maximum absolute atomic E-state index is 12.2. The molecule has 0 aliphatic heterocycles. The number of aryl methyl sites for hydroxylation is 1. The Morgan fingerprint density at radius 2 is 2.05 bits per heavy atom. The Balaban J connectivity index is 2.31. The van der Waals surface area contributed by atoms with Gasteiger partial charge in [-0.3, -0.25) is 9.48 Å². The maximum atomic E-state index is 12.2. The molecule has 1 aromatic heterocycles. The summed E-state index contributed by atoms with van der Waals surface area (Å²) in [6.07, 6.45) is 5.78. The molecule has 0 amide bonds. The van der Waals surface area contributed by atoms with E-state index < -0.39 is 9.84 Å². The highest BCUT2D eigenvalue weighted by molar-refractivity contribution is 7.90. The van der Waals surface area contributed by atoms with Gasteiger partial charge in [0.05, 0.1) is 12.8 Å². The van der Waals surface area contributed by atoms with Crippen molar-refractivity contribution in [1.82, 2.24) is 9.78 Å². The van der Waals surface area contributed by atoms with Gasteiger partial charge in [0.15, 0.2) is 15.6 Å². The van der Waals surface area contributed by atoms with Crippen molar-refractivity contribution in [1.29, 1.82) is 0 Å². The summed E-state index contributed by atoms with van der Waals surface area (Å²) in [5.74, 6) is -0.0955. The molecule has 0 fully saturated rings. The summed E-state index contributed by atoms with van der Waals surface area (Å²) in [4.78, 5) is 12.2. The van der Waals surface area contributed by atoms with E-state index in [0.717, 1.165) is 11.9 Å². The van der Waals surface area contributed by atoms with Gasteiger partial charge in [0, 0.05) is 25.1 Å². The van der Waals surface area contributed by atoms with Crippen molar-refractivity contribution < 1.29 is 17.9 Å². The highest BCUT2D eigenvalue weighted by Gasteiger charge is 2.16. The van der Waals surface area contributed by atoms with Crippen LogP contribution in [-0.2, 0) is 16.9 Å². The summed E-state index contributed by atoms with van der Waals surface area (Å²) in [5, 5.41) is 4.00. The van der Waals surface area contributed by atoms with Gasteiger partial charge in [-0.2, -0.15) is 5.10 Å². The second-order valence-electron chi connectivity index (χ2n) is 4.72. The van der Waals surface area contributed by atoms with Crippen LogP contribution in [0.4, 0.5) is 0 Å². The number of rotatable bonds is 5. The van der Waals surface area contributed by atoms with Crippen LogP contribution in [0.1, 0.15) is 16.1 Å². The van der Waals surface area contributed by atoms with E-state index in [-0.39, 0.29) is 16.4 Å². The number of methoxy groups -OCH3 is 1. The molecule has 7 heteroatoms. The average Bonchev–Trinajstić information content (AvgIpc) is 2.88. The molecular weight excluding hydrogens is 304 g/mol. The quantitative estimate of drug-likeness (QED) is 0.619. The summed E-state index contributed by atoms with van der Waals surface area (Å²) in [5.41, 5.74) is 1.13. The van der Waals surface area contributed by atoms with Crippen LogP contribution in [0.25, 0.3) is 6.08 Å². The lowest BCUT2D eigenvalue weighted by atomic mass is 10.1. The number of carbonyl (C=O) groups excluding carboxylic acids is 1. The van der Waals surface area contributed by atoms with Crippen molar-refractivity contribution in [3.8, 4) is 5.75 Å². The first-order valence-electron chi connectivity index (χ1n) is 6.41. The topological polar surface area (TPSA) is 78.3 Å². The summed E-state index contributed by atoms with van der Waals surface area (Å²) < 4.78 is 29.9. The van der Waals surface area contributed by atoms with Gasteiger partial charge in [-0.1, -0.05) is 0 Å². The second kappa shape index (κ2) is 6.15. The zero-order valence-corrected chi connectivity index (χ0v) is 13.3. The summed E-state index contributed by atoms with van der Waals surface area (Å²) in [6, 6.07) is 6.04. The third-order valence-corrected chi connectivity index (χ3v) is 4.25. The Kier molecular flexibility index (Phi) is 4.46. The molecule has 0 spiro atoms. The van der Waals surface area contributed by atoms with Crippen LogP contribution in [0, 0.1) is 0 Å². The molecule has 0 N–H and O–H groups in total. The van der Waals surface area contributed by atoms with Crippen molar-refractivity contribution in [2.45, 2.75) is 4.90 Å². The largest absolute Gasteiger partial charge is 0.495 e. The predicted octanol–water partition coefficient (Wildman–Crippen LogP) is 1.73. The Hall–Kier alpha value is -2.41. The number of nitrogens with zero attached hydrogens (tertiary/aromatic N) is 2. The van der Waals surface area contributed by atoms with E-state index in [2.05, 4.69) is 5.10 Å². The number of hydrogen-bond acceptors (Lipinski definition) is 5. The van der Waals surface area contributed by atoms with E-state index in [4.69, 9.17) is 4.74 Å². The molecule has 0 saturated carbocycles. The molecule has 22 heavy (non-hydrogen) atoms. The lowest BCUT2D eigenvalue weighted by Crippen LogP contribution is -2.03. The molecule has 0 radical (unpaired) electrons. The summed E-state index contributed by atoms with van der Waals surface area (Å²) >= 11 is 0. The first-order valence-corrected chi connectivity index (χ1v) is 8.30. The Morgan fingerprint density at radius 3 is 2.59 bits per heavy atom. The first-order chi connectivity index (χ1) is 10.3. The van der Waals surface area contributed by atoms with Gasteiger partial charge in [-0.25, -0.2) is 8.42 Å². The van der Waals surface area contributed by atoms with Crippen LogP contribution in [0.15, 0.2) is 41.4 Å². The van der Waals surface area contributed by atoms with Crippen LogP contribution >= 0.6 is 0 Å². The maximum Gasteiger partial charge on any atom is 0.186 e. The fraction of sp³-hybridized carbons (Fsp3) is 0.200. The number of aromatic nitrogens is 2. The van der Waals surface area contributed by atoms with Crippen LogP contribution in [0.2, 0.25) is 0 Å². The van der Waals surface area contributed by atoms with Gasteiger partial charge >= 0.3 is 0 Å². The van der Waals surface area contributed by atoms with Crippen LogP contribution < -0.4 is 4.74 Å². The predicted molar refractivity (Wildman–Crippen MR) is 82.7 cm³/mol. The molecule has 116 valence electrons. The van der Waals surface area contributed by atoms with E-state index in [1.807, 2.05) is 0 Å². The highest BCUT2D eigenvalue weighted by atomic mass is 32.2. The minimum atomic E-state index is -3.41. The Bertz CT molecular complexity index is 835. The molecule has 1 heterocycles. The Labute approximate surface area is 128 Å². The monoisotopic (exact) mass is 320 g/mol. The van der Waals surface area contributed by atoms with Gasteiger partial charge in [-0.15, -0.1) is 0 Å². The number of hydrogen-bond donors (Lipinski definition) is 0. The number of ketones is 1. The number of benzene rings is 1. The van der Waals surface area contributed by atoms with Gasteiger partial charge in [0.25, 0.3) is 0 Å². The smallest absolute Gasteiger partial charge is 0.186 e. The SMILES string of the molecule is COc1cc(C(=O)C=Cc2ccnn2C)ccc1S(C)(=O)=O. The lowest BCUT2D eigenvalue weighted by molar-refractivity contribution is 0.104. The van der Waals surface area contributed by atoms with Gasteiger partial charge < -0.3 is 4.74 Å². The van der Waals surface area contributed by atoms with Crippen LogP contribution in [-0.4, -0.2) is 37.3 Å². The molecule has 2 rings (SSSR count).